The fourth-order valence-electron chi connectivity index (χ4n) is 1.70. The monoisotopic (exact) mass is 243 g/mol. The van der Waals surface area contributed by atoms with Crippen molar-refractivity contribution in [3.8, 4) is 11.5 Å². The number of methoxy groups -OCH3 is 1. The van der Waals surface area contributed by atoms with Crippen LogP contribution in [-0.2, 0) is 4.74 Å². The molecule has 3 aromatic rings. The molecule has 0 bridgehead atoms. The van der Waals surface area contributed by atoms with E-state index in [4.69, 9.17) is 8.83 Å². The number of rotatable bonds is 2. The highest BCUT2D eigenvalue weighted by Gasteiger charge is 2.13. The molecule has 0 unspecified atom stereocenters. The summed E-state index contributed by atoms with van der Waals surface area (Å²) in [5, 5.41) is 0.949. The minimum atomic E-state index is -0.519. The first-order valence-electron chi connectivity index (χ1n) is 5.29. The zero-order chi connectivity index (χ0) is 12.5. The molecule has 0 aliphatic rings. The van der Waals surface area contributed by atoms with E-state index in [0.717, 1.165) is 16.5 Å². The van der Waals surface area contributed by atoms with Crippen molar-refractivity contribution in [3.05, 3.63) is 42.5 Å². The number of esters is 1. The van der Waals surface area contributed by atoms with Gasteiger partial charge in [-0.2, -0.15) is 0 Å². The average molecular weight is 243 g/mol. The van der Waals surface area contributed by atoms with Crippen LogP contribution in [0.2, 0.25) is 0 Å². The summed E-state index contributed by atoms with van der Waals surface area (Å²) in [6, 6.07) is 7.38. The molecule has 5 nitrogen and oxygen atoms in total. The van der Waals surface area contributed by atoms with Gasteiger partial charge in [-0.15, -0.1) is 0 Å². The SMILES string of the molecule is COC(=O)c1coc(-c2ccc3occc3c2)n1. The summed E-state index contributed by atoms with van der Waals surface area (Å²) in [7, 11) is 1.30. The van der Waals surface area contributed by atoms with Crippen LogP contribution in [0.5, 0.6) is 0 Å². The summed E-state index contributed by atoms with van der Waals surface area (Å²) in [4.78, 5) is 15.3. The van der Waals surface area contributed by atoms with E-state index < -0.39 is 5.97 Å². The van der Waals surface area contributed by atoms with Crippen LogP contribution in [0.15, 0.2) is 45.6 Å². The van der Waals surface area contributed by atoms with Crippen LogP contribution in [0.4, 0.5) is 0 Å². The van der Waals surface area contributed by atoms with Crippen LogP contribution >= 0.6 is 0 Å². The molecule has 18 heavy (non-hydrogen) atoms. The number of hydrogen-bond acceptors (Lipinski definition) is 5. The quantitative estimate of drug-likeness (QED) is 0.647. The molecule has 2 aromatic heterocycles. The number of nitrogens with zero attached hydrogens (tertiary/aromatic N) is 1. The Morgan fingerprint density at radius 3 is 3.00 bits per heavy atom. The smallest absolute Gasteiger partial charge is 0.360 e. The first kappa shape index (κ1) is 10.6. The number of oxazole rings is 1. The molecule has 0 saturated carbocycles. The summed E-state index contributed by atoms with van der Waals surface area (Å²) < 4.78 is 15.1. The van der Waals surface area contributed by atoms with Crippen molar-refractivity contribution in [2.24, 2.45) is 0 Å². The number of furan rings is 1. The molecule has 3 rings (SSSR count). The van der Waals surface area contributed by atoms with E-state index in [1.165, 1.54) is 13.4 Å². The van der Waals surface area contributed by atoms with E-state index in [-0.39, 0.29) is 5.69 Å². The number of carbonyl (C=O) groups is 1. The number of aromatic nitrogens is 1. The largest absolute Gasteiger partial charge is 0.464 e. The molecular formula is C13H9NO4. The van der Waals surface area contributed by atoms with Crippen molar-refractivity contribution in [1.29, 1.82) is 0 Å². The number of benzene rings is 1. The van der Waals surface area contributed by atoms with Crippen molar-refractivity contribution in [2.75, 3.05) is 7.11 Å². The number of hydrogen-bond donors (Lipinski definition) is 0. The predicted octanol–water partition coefficient (Wildman–Crippen LogP) is 2.87. The minimum Gasteiger partial charge on any atom is -0.464 e. The third-order valence-electron chi connectivity index (χ3n) is 2.60. The van der Waals surface area contributed by atoms with Crippen LogP contribution in [0.25, 0.3) is 22.4 Å². The Hall–Kier alpha value is -2.56. The molecule has 0 atom stereocenters. The molecule has 0 aliphatic carbocycles. The highest BCUT2D eigenvalue weighted by atomic mass is 16.5. The zero-order valence-corrected chi connectivity index (χ0v) is 9.54. The number of carbonyl (C=O) groups excluding carboxylic acids is 1. The Labute approximate surface area is 102 Å². The number of ether oxygens (including phenoxy) is 1. The zero-order valence-electron chi connectivity index (χ0n) is 9.54. The van der Waals surface area contributed by atoms with Gasteiger partial charge in [0, 0.05) is 10.9 Å². The lowest BCUT2D eigenvalue weighted by molar-refractivity contribution is 0.0594. The highest BCUT2D eigenvalue weighted by Crippen LogP contribution is 2.24. The van der Waals surface area contributed by atoms with Crippen LogP contribution in [0.1, 0.15) is 10.5 Å². The molecular weight excluding hydrogens is 234 g/mol. The van der Waals surface area contributed by atoms with E-state index in [9.17, 15) is 4.79 Å². The fraction of sp³-hybridized carbons (Fsp3) is 0.0769. The lowest BCUT2D eigenvalue weighted by atomic mass is 10.1. The van der Waals surface area contributed by atoms with Crippen molar-refractivity contribution in [1.82, 2.24) is 4.98 Å². The average Bonchev–Trinajstić information content (AvgIpc) is 3.05. The number of fused-ring (bicyclic) bond motifs is 1. The lowest BCUT2D eigenvalue weighted by Crippen LogP contribution is -2.00. The summed E-state index contributed by atoms with van der Waals surface area (Å²) in [5.74, 6) is -0.145. The molecule has 90 valence electrons. The van der Waals surface area contributed by atoms with Gasteiger partial charge in [0.2, 0.25) is 5.89 Å². The molecule has 1 aromatic carbocycles. The van der Waals surface area contributed by atoms with Gasteiger partial charge < -0.3 is 13.6 Å². The molecule has 2 heterocycles. The molecule has 0 aliphatic heterocycles. The fourth-order valence-corrected chi connectivity index (χ4v) is 1.70. The first-order valence-corrected chi connectivity index (χ1v) is 5.29. The van der Waals surface area contributed by atoms with Gasteiger partial charge in [0.15, 0.2) is 5.69 Å². The van der Waals surface area contributed by atoms with Gasteiger partial charge in [-0.05, 0) is 24.3 Å². The van der Waals surface area contributed by atoms with E-state index in [1.54, 1.807) is 6.26 Å². The van der Waals surface area contributed by atoms with Gasteiger partial charge in [-0.3, -0.25) is 0 Å². The molecule has 0 fully saturated rings. The maximum Gasteiger partial charge on any atom is 0.360 e. The molecule has 5 heteroatoms. The van der Waals surface area contributed by atoms with E-state index in [1.807, 2.05) is 24.3 Å². The summed E-state index contributed by atoms with van der Waals surface area (Å²) in [5.41, 5.74) is 1.72. The molecule has 0 spiro atoms. The van der Waals surface area contributed by atoms with Gasteiger partial charge in [-0.25, -0.2) is 9.78 Å². The summed E-state index contributed by atoms with van der Waals surface area (Å²) >= 11 is 0. The van der Waals surface area contributed by atoms with Gasteiger partial charge in [-0.1, -0.05) is 0 Å². The van der Waals surface area contributed by atoms with E-state index in [2.05, 4.69) is 9.72 Å². The van der Waals surface area contributed by atoms with Gasteiger partial charge in [0.05, 0.1) is 13.4 Å². The Balaban J connectivity index is 2.03. The van der Waals surface area contributed by atoms with Crippen molar-refractivity contribution >= 4 is 16.9 Å². The highest BCUT2D eigenvalue weighted by molar-refractivity contribution is 5.87. The lowest BCUT2D eigenvalue weighted by Gasteiger charge is -1.95. The molecule has 0 amide bonds. The van der Waals surface area contributed by atoms with Crippen LogP contribution in [-0.4, -0.2) is 18.1 Å². The van der Waals surface area contributed by atoms with Crippen LogP contribution in [0.3, 0.4) is 0 Å². The first-order chi connectivity index (χ1) is 8.78. The van der Waals surface area contributed by atoms with Crippen LogP contribution < -0.4 is 0 Å². The normalized spacial score (nSPS) is 10.7. The van der Waals surface area contributed by atoms with E-state index in [0.29, 0.717) is 5.89 Å². The van der Waals surface area contributed by atoms with Crippen LogP contribution in [0, 0.1) is 0 Å². The third-order valence-corrected chi connectivity index (χ3v) is 2.60. The summed E-state index contributed by atoms with van der Waals surface area (Å²) in [6.07, 6.45) is 2.89. The van der Waals surface area contributed by atoms with E-state index >= 15 is 0 Å². The predicted molar refractivity (Wildman–Crippen MR) is 63.1 cm³/mol. The second-order valence-electron chi connectivity index (χ2n) is 3.70. The van der Waals surface area contributed by atoms with Crippen molar-refractivity contribution in [3.63, 3.8) is 0 Å². The van der Waals surface area contributed by atoms with Gasteiger partial charge in [0.1, 0.15) is 11.8 Å². The second kappa shape index (κ2) is 4.03. The van der Waals surface area contributed by atoms with Gasteiger partial charge in [0.25, 0.3) is 0 Å². The maximum absolute atomic E-state index is 11.3. The minimum absolute atomic E-state index is 0.153. The Morgan fingerprint density at radius 1 is 1.28 bits per heavy atom. The Kier molecular flexibility index (Phi) is 2.37. The molecule has 0 N–H and O–H groups in total. The Morgan fingerprint density at radius 2 is 2.17 bits per heavy atom. The maximum atomic E-state index is 11.3. The standard InChI is InChI=1S/C13H9NO4/c1-16-13(15)10-7-18-12(14-10)9-2-3-11-8(6-9)4-5-17-11/h2-7H,1H3. The topological polar surface area (TPSA) is 65.5 Å². The molecule has 0 radical (unpaired) electrons. The Bertz CT molecular complexity index is 710. The van der Waals surface area contributed by atoms with Crippen molar-refractivity contribution in [2.45, 2.75) is 0 Å². The van der Waals surface area contributed by atoms with Gasteiger partial charge >= 0.3 is 5.97 Å². The van der Waals surface area contributed by atoms with Crippen molar-refractivity contribution < 1.29 is 18.4 Å². The third kappa shape index (κ3) is 1.66. The summed E-state index contributed by atoms with van der Waals surface area (Å²) in [6.45, 7) is 0. The molecule has 0 saturated heterocycles. The second-order valence-corrected chi connectivity index (χ2v) is 3.70.